The van der Waals surface area contributed by atoms with Crippen LogP contribution in [0.1, 0.15) is 0 Å². The van der Waals surface area contributed by atoms with E-state index >= 15 is 0 Å². The molecular formula is C18H14N2O4. The maximum absolute atomic E-state index is 12.0. The van der Waals surface area contributed by atoms with Crippen LogP contribution in [0.25, 0.3) is 10.8 Å². The number of nitrogens with zero attached hydrogens (tertiary/aromatic N) is 1. The van der Waals surface area contributed by atoms with E-state index in [0.717, 1.165) is 10.8 Å². The second-order valence-corrected chi connectivity index (χ2v) is 5.12. The molecule has 6 heteroatoms. The van der Waals surface area contributed by atoms with Crippen LogP contribution in [0.4, 0.5) is 11.4 Å². The van der Waals surface area contributed by atoms with Gasteiger partial charge >= 0.3 is 5.69 Å². The van der Waals surface area contributed by atoms with Crippen LogP contribution in [-0.2, 0) is 4.79 Å². The van der Waals surface area contributed by atoms with Crippen molar-refractivity contribution in [2.24, 2.45) is 0 Å². The van der Waals surface area contributed by atoms with Crippen LogP contribution >= 0.6 is 0 Å². The number of ether oxygens (including phenoxy) is 1. The van der Waals surface area contributed by atoms with Crippen LogP contribution in [0.2, 0.25) is 0 Å². The molecule has 0 unspecified atom stereocenters. The van der Waals surface area contributed by atoms with Crippen LogP contribution in [0.15, 0.2) is 66.7 Å². The van der Waals surface area contributed by atoms with Gasteiger partial charge in [-0.15, -0.1) is 0 Å². The van der Waals surface area contributed by atoms with Crippen LogP contribution in [0.3, 0.4) is 0 Å². The van der Waals surface area contributed by atoms with Crippen molar-refractivity contribution < 1.29 is 14.5 Å². The van der Waals surface area contributed by atoms with E-state index in [2.05, 4.69) is 5.32 Å². The molecule has 24 heavy (non-hydrogen) atoms. The third-order valence-electron chi connectivity index (χ3n) is 3.45. The quantitative estimate of drug-likeness (QED) is 0.573. The van der Waals surface area contributed by atoms with E-state index in [-0.39, 0.29) is 24.0 Å². The van der Waals surface area contributed by atoms with Gasteiger partial charge in [-0.25, -0.2) is 0 Å². The predicted molar refractivity (Wildman–Crippen MR) is 91.2 cm³/mol. The second kappa shape index (κ2) is 6.78. The number of hydrogen-bond donors (Lipinski definition) is 1. The molecule has 0 bridgehead atoms. The number of rotatable bonds is 5. The van der Waals surface area contributed by atoms with Gasteiger partial charge in [0.2, 0.25) is 0 Å². The number of nitro groups is 1. The third kappa shape index (κ3) is 3.49. The van der Waals surface area contributed by atoms with Gasteiger partial charge in [-0.05, 0) is 29.0 Å². The molecule has 0 aromatic heterocycles. The minimum absolute atomic E-state index is 0.0659. The molecular weight excluding hydrogens is 308 g/mol. The molecule has 0 saturated heterocycles. The van der Waals surface area contributed by atoms with Crippen molar-refractivity contribution in [1.82, 2.24) is 0 Å². The molecule has 120 valence electrons. The highest BCUT2D eigenvalue weighted by Crippen LogP contribution is 2.25. The number of anilines is 1. The Morgan fingerprint density at radius 2 is 1.71 bits per heavy atom. The fraction of sp³-hybridized carbons (Fsp3) is 0.0556. The summed E-state index contributed by atoms with van der Waals surface area (Å²) in [6.07, 6.45) is 0. The van der Waals surface area contributed by atoms with Crippen molar-refractivity contribution >= 4 is 28.1 Å². The van der Waals surface area contributed by atoms with Gasteiger partial charge in [0.1, 0.15) is 0 Å². The Balaban J connectivity index is 1.66. The SMILES string of the molecule is O=C(COc1ccccc1[N+](=O)[O-])Nc1ccc2ccccc2c1. The van der Waals surface area contributed by atoms with Gasteiger partial charge < -0.3 is 10.1 Å². The molecule has 3 aromatic rings. The predicted octanol–water partition coefficient (Wildman–Crippen LogP) is 3.77. The van der Waals surface area contributed by atoms with E-state index in [0.29, 0.717) is 5.69 Å². The third-order valence-corrected chi connectivity index (χ3v) is 3.45. The molecule has 1 N–H and O–H groups in total. The van der Waals surface area contributed by atoms with E-state index < -0.39 is 4.92 Å². The number of nitrogens with one attached hydrogen (secondary N) is 1. The van der Waals surface area contributed by atoms with Gasteiger partial charge in [-0.2, -0.15) is 0 Å². The van der Waals surface area contributed by atoms with E-state index in [9.17, 15) is 14.9 Å². The van der Waals surface area contributed by atoms with Crippen molar-refractivity contribution in [3.8, 4) is 5.75 Å². The first-order valence-electron chi connectivity index (χ1n) is 7.28. The monoisotopic (exact) mass is 322 g/mol. The zero-order valence-corrected chi connectivity index (χ0v) is 12.6. The molecule has 0 saturated carbocycles. The average Bonchev–Trinajstić information content (AvgIpc) is 2.60. The summed E-state index contributed by atoms with van der Waals surface area (Å²) in [5.41, 5.74) is 0.473. The van der Waals surface area contributed by atoms with Crippen LogP contribution < -0.4 is 10.1 Å². The first kappa shape index (κ1) is 15.5. The highest BCUT2D eigenvalue weighted by molar-refractivity contribution is 5.95. The normalized spacial score (nSPS) is 10.3. The Labute approximate surface area is 137 Å². The van der Waals surface area contributed by atoms with Crippen molar-refractivity contribution in [1.29, 1.82) is 0 Å². The lowest BCUT2D eigenvalue weighted by molar-refractivity contribution is -0.385. The number of fused-ring (bicyclic) bond motifs is 1. The van der Waals surface area contributed by atoms with Crippen LogP contribution in [-0.4, -0.2) is 17.4 Å². The van der Waals surface area contributed by atoms with Gasteiger partial charge in [0.05, 0.1) is 4.92 Å². The van der Waals surface area contributed by atoms with Gasteiger partial charge in [0, 0.05) is 11.8 Å². The number of nitro benzene ring substituents is 1. The molecule has 1 amide bonds. The summed E-state index contributed by atoms with van der Waals surface area (Å²) in [6, 6.07) is 19.3. The molecule has 0 aliphatic carbocycles. The molecule has 3 rings (SSSR count). The summed E-state index contributed by atoms with van der Waals surface area (Å²) < 4.78 is 5.27. The van der Waals surface area contributed by atoms with E-state index in [4.69, 9.17) is 4.74 Å². The lowest BCUT2D eigenvalue weighted by Gasteiger charge is -2.08. The average molecular weight is 322 g/mol. The largest absolute Gasteiger partial charge is 0.477 e. The lowest BCUT2D eigenvalue weighted by Crippen LogP contribution is -2.20. The van der Waals surface area contributed by atoms with Gasteiger partial charge in [0.15, 0.2) is 12.4 Å². The number of carbonyl (C=O) groups excluding carboxylic acids is 1. The van der Waals surface area contributed by atoms with E-state index in [1.807, 2.05) is 36.4 Å². The molecule has 3 aromatic carbocycles. The first-order chi connectivity index (χ1) is 11.6. The van der Waals surface area contributed by atoms with E-state index in [1.165, 1.54) is 12.1 Å². The zero-order valence-electron chi connectivity index (χ0n) is 12.6. The van der Waals surface area contributed by atoms with Crippen molar-refractivity contribution in [2.45, 2.75) is 0 Å². The van der Waals surface area contributed by atoms with Crippen LogP contribution in [0, 0.1) is 10.1 Å². The van der Waals surface area contributed by atoms with Gasteiger partial charge in [-0.1, -0.05) is 42.5 Å². The molecule has 6 nitrogen and oxygen atoms in total. The summed E-state index contributed by atoms with van der Waals surface area (Å²) >= 11 is 0. The smallest absolute Gasteiger partial charge is 0.310 e. The number of hydrogen-bond acceptors (Lipinski definition) is 4. The summed E-state index contributed by atoms with van der Waals surface area (Å²) in [5, 5.41) is 15.7. The number of carbonyl (C=O) groups is 1. The van der Waals surface area contributed by atoms with Crippen molar-refractivity contribution in [2.75, 3.05) is 11.9 Å². The summed E-state index contributed by atoms with van der Waals surface area (Å²) in [6.45, 7) is -0.308. The Bertz CT molecular complexity index is 908. The fourth-order valence-electron chi connectivity index (χ4n) is 2.34. The summed E-state index contributed by atoms with van der Waals surface area (Å²) in [7, 11) is 0. The maximum atomic E-state index is 12.0. The lowest BCUT2D eigenvalue weighted by atomic mass is 10.1. The Hall–Kier alpha value is -3.41. The molecule has 0 aliphatic rings. The summed E-state index contributed by atoms with van der Waals surface area (Å²) in [4.78, 5) is 22.4. The number of benzene rings is 3. The number of para-hydroxylation sites is 2. The van der Waals surface area contributed by atoms with Crippen molar-refractivity contribution in [3.05, 3.63) is 76.8 Å². The van der Waals surface area contributed by atoms with Crippen LogP contribution in [0.5, 0.6) is 5.75 Å². The summed E-state index contributed by atoms with van der Waals surface area (Å²) in [5.74, 6) is -0.320. The topological polar surface area (TPSA) is 81.5 Å². The Morgan fingerprint density at radius 1 is 1.00 bits per heavy atom. The Morgan fingerprint density at radius 3 is 2.50 bits per heavy atom. The molecule has 0 aliphatic heterocycles. The Kier molecular flexibility index (Phi) is 4.38. The molecule has 0 fully saturated rings. The second-order valence-electron chi connectivity index (χ2n) is 5.12. The fourth-order valence-corrected chi connectivity index (χ4v) is 2.34. The molecule has 0 heterocycles. The van der Waals surface area contributed by atoms with Crippen molar-refractivity contribution in [3.63, 3.8) is 0 Å². The highest BCUT2D eigenvalue weighted by Gasteiger charge is 2.14. The molecule has 0 radical (unpaired) electrons. The zero-order chi connectivity index (χ0) is 16.9. The van der Waals surface area contributed by atoms with Gasteiger partial charge in [-0.3, -0.25) is 14.9 Å². The highest BCUT2D eigenvalue weighted by atomic mass is 16.6. The molecule has 0 spiro atoms. The minimum atomic E-state index is -0.545. The van der Waals surface area contributed by atoms with E-state index in [1.54, 1.807) is 18.2 Å². The first-order valence-corrected chi connectivity index (χ1v) is 7.28. The standard InChI is InChI=1S/C18H14N2O4/c21-18(12-24-17-8-4-3-7-16(17)20(22)23)19-15-10-9-13-5-1-2-6-14(13)11-15/h1-11H,12H2,(H,19,21). The molecule has 0 atom stereocenters. The van der Waals surface area contributed by atoms with Gasteiger partial charge in [0.25, 0.3) is 5.91 Å². The minimum Gasteiger partial charge on any atom is -0.477 e. The maximum Gasteiger partial charge on any atom is 0.310 e. The number of amides is 1.